The Bertz CT molecular complexity index is 648. The molecule has 1 aromatic rings. The molecule has 0 aliphatic carbocycles. The first-order chi connectivity index (χ1) is 10.2. The van der Waals surface area contributed by atoms with Crippen molar-refractivity contribution in [3.8, 4) is 0 Å². The first kappa shape index (κ1) is 16.8. The van der Waals surface area contributed by atoms with E-state index in [0.29, 0.717) is 0 Å². The van der Waals surface area contributed by atoms with Gasteiger partial charge in [-0.1, -0.05) is 30.3 Å². The van der Waals surface area contributed by atoms with Crippen LogP contribution in [-0.2, 0) is 19.0 Å². The molecule has 0 spiro atoms. The van der Waals surface area contributed by atoms with Crippen LogP contribution in [0.3, 0.4) is 0 Å². The Balaban J connectivity index is 2.24. The second-order valence-corrected chi connectivity index (χ2v) is 6.02. The fourth-order valence-electron chi connectivity index (χ4n) is 2.02. The number of halogens is 3. The van der Waals surface area contributed by atoms with Crippen LogP contribution in [0.15, 0.2) is 42.2 Å². The summed E-state index contributed by atoms with van der Waals surface area (Å²) in [7, 11) is -3.00. The van der Waals surface area contributed by atoms with Crippen LogP contribution < -0.4 is 0 Å². The van der Waals surface area contributed by atoms with E-state index >= 15 is 0 Å². The van der Waals surface area contributed by atoms with Gasteiger partial charge in [-0.3, -0.25) is 0 Å². The van der Waals surface area contributed by atoms with Gasteiger partial charge in [0.1, 0.15) is 5.76 Å². The Morgan fingerprint density at radius 2 is 1.91 bits per heavy atom. The maximum atomic E-state index is 12.4. The normalized spacial score (nSPS) is 19.8. The van der Waals surface area contributed by atoms with Gasteiger partial charge in [0.2, 0.25) is 0 Å². The summed E-state index contributed by atoms with van der Waals surface area (Å²) in [5.41, 5.74) is -4.70. The van der Waals surface area contributed by atoms with Gasteiger partial charge in [0.25, 0.3) is 0 Å². The summed E-state index contributed by atoms with van der Waals surface area (Å²) in [5, 5.41) is 0. The molecule has 1 aliphatic rings. The highest BCUT2D eigenvalue weighted by Gasteiger charge is 2.49. The molecule has 22 heavy (non-hydrogen) atoms. The lowest BCUT2D eigenvalue weighted by molar-refractivity contribution is -0.0522. The molecule has 0 unspecified atom stereocenters. The molecule has 0 amide bonds. The quantitative estimate of drug-likeness (QED) is 0.468. The smallest absolute Gasteiger partial charge is 0.427 e. The first-order valence-electron chi connectivity index (χ1n) is 6.13. The molecule has 1 atom stereocenters. The van der Waals surface area contributed by atoms with Gasteiger partial charge in [-0.25, -0.2) is 0 Å². The van der Waals surface area contributed by atoms with E-state index in [1.165, 1.54) is 25.6 Å². The molecule has 2 rings (SSSR count). The van der Waals surface area contributed by atoms with Gasteiger partial charge in [-0.15, -0.1) is 0 Å². The maximum Gasteiger partial charge on any atom is 0.534 e. The van der Waals surface area contributed by atoms with E-state index in [2.05, 4.69) is 4.18 Å². The molecule has 1 heterocycles. The fraction of sp³-hybridized carbons (Fsp3) is 0.333. The summed E-state index contributed by atoms with van der Waals surface area (Å²) in [6, 6.07) is 8.37. The Labute approximate surface area is 126 Å². The van der Waals surface area contributed by atoms with Crippen LogP contribution in [0.1, 0.15) is 11.6 Å². The second kappa shape index (κ2) is 6.31. The molecule has 0 N–H and O–H groups in total. The van der Waals surface area contributed by atoms with Crippen LogP contribution in [0.2, 0.25) is 0 Å². The fourth-order valence-corrected chi connectivity index (χ4v) is 2.51. The van der Waals surface area contributed by atoms with Crippen LogP contribution in [-0.4, -0.2) is 40.0 Å². The predicted molar refractivity (Wildman–Crippen MR) is 72.8 cm³/mol. The number of rotatable bonds is 5. The van der Waals surface area contributed by atoms with Gasteiger partial charge in [0, 0.05) is 19.7 Å². The third-order valence-electron chi connectivity index (χ3n) is 2.92. The van der Waals surface area contributed by atoms with E-state index in [1.54, 1.807) is 30.3 Å². The van der Waals surface area contributed by atoms with Crippen molar-refractivity contribution in [1.29, 1.82) is 0 Å². The lowest BCUT2D eigenvalue weighted by Crippen LogP contribution is -2.31. The molecule has 1 aromatic carbocycles. The zero-order chi connectivity index (χ0) is 16.4. The Morgan fingerprint density at radius 1 is 1.27 bits per heavy atom. The average Bonchev–Trinajstić information content (AvgIpc) is 2.81. The minimum atomic E-state index is -5.67. The van der Waals surface area contributed by atoms with E-state index in [9.17, 15) is 21.6 Å². The van der Waals surface area contributed by atoms with Gasteiger partial charge in [0.15, 0.2) is 0 Å². The lowest BCUT2D eigenvalue weighted by atomic mass is 10.0. The highest BCUT2D eigenvalue weighted by Crippen LogP contribution is 2.33. The molecule has 0 saturated heterocycles. The van der Waals surface area contributed by atoms with E-state index in [4.69, 9.17) is 4.65 Å². The number of benzene rings is 1. The van der Waals surface area contributed by atoms with Crippen molar-refractivity contribution < 1.29 is 30.4 Å². The van der Waals surface area contributed by atoms with Gasteiger partial charge in [0.05, 0.1) is 0 Å². The standard InChI is InChI=1S/C12H12BF3NO4S/c1-20-13-17-8-10(21-22(18,19)12(14,15)16)7-11(17)9-5-3-2-4-6-9/h2-7,11H,8H2,1H3/t11-/m0/s1. The maximum absolute atomic E-state index is 12.4. The zero-order valence-corrected chi connectivity index (χ0v) is 12.3. The second-order valence-electron chi connectivity index (χ2n) is 4.49. The van der Waals surface area contributed by atoms with E-state index in [0.717, 1.165) is 5.56 Å². The van der Waals surface area contributed by atoms with Gasteiger partial charge in [-0.05, 0) is 11.6 Å². The molecular weight excluding hydrogens is 322 g/mol. The minimum absolute atomic E-state index is 0.150. The number of hydrogen-bond acceptors (Lipinski definition) is 5. The van der Waals surface area contributed by atoms with Crippen LogP contribution >= 0.6 is 0 Å². The summed E-state index contributed by atoms with van der Waals surface area (Å²) in [5.74, 6) is -0.306. The van der Waals surface area contributed by atoms with Crippen molar-refractivity contribution in [1.82, 2.24) is 4.81 Å². The van der Waals surface area contributed by atoms with Gasteiger partial charge < -0.3 is 13.6 Å². The predicted octanol–water partition coefficient (Wildman–Crippen LogP) is 1.97. The Hall–Kier alpha value is -1.52. The summed E-state index contributed by atoms with van der Waals surface area (Å²) < 4.78 is 68.3. The molecular formula is C12H12BF3NO4S. The lowest BCUT2D eigenvalue weighted by Gasteiger charge is -2.22. The van der Waals surface area contributed by atoms with E-state index in [-0.39, 0.29) is 12.3 Å². The van der Waals surface area contributed by atoms with E-state index in [1.807, 2.05) is 0 Å². The molecule has 0 aromatic heterocycles. The van der Waals surface area contributed by atoms with Crippen molar-refractivity contribution in [3.63, 3.8) is 0 Å². The van der Waals surface area contributed by atoms with Crippen molar-refractivity contribution >= 4 is 17.7 Å². The molecule has 0 saturated carbocycles. The summed E-state index contributed by atoms with van der Waals surface area (Å²) >= 11 is 0. The topological polar surface area (TPSA) is 55.8 Å². The van der Waals surface area contributed by atoms with Gasteiger partial charge >= 0.3 is 23.2 Å². The zero-order valence-electron chi connectivity index (χ0n) is 11.4. The van der Waals surface area contributed by atoms with Crippen molar-refractivity contribution in [2.75, 3.05) is 13.7 Å². The van der Waals surface area contributed by atoms with Crippen LogP contribution in [0.5, 0.6) is 0 Å². The van der Waals surface area contributed by atoms with Crippen molar-refractivity contribution in [3.05, 3.63) is 47.7 Å². The Morgan fingerprint density at radius 3 is 2.45 bits per heavy atom. The van der Waals surface area contributed by atoms with Crippen LogP contribution in [0, 0.1) is 0 Å². The number of nitrogens with zero attached hydrogens (tertiary/aromatic N) is 1. The molecule has 119 valence electrons. The number of alkyl halides is 3. The third kappa shape index (κ3) is 3.62. The third-order valence-corrected chi connectivity index (χ3v) is 3.92. The van der Waals surface area contributed by atoms with E-state index < -0.39 is 21.7 Å². The highest BCUT2D eigenvalue weighted by molar-refractivity contribution is 7.87. The molecule has 0 bridgehead atoms. The Kier molecular flexibility index (Phi) is 4.83. The molecule has 5 nitrogen and oxygen atoms in total. The van der Waals surface area contributed by atoms with Gasteiger partial charge in [-0.2, -0.15) is 21.6 Å². The largest absolute Gasteiger partial charge is 0.534 e. The number of hydrogen-bond donors (Lipinski definition) is 0. The summed E-state index contributed by atoms with van der Waals surface area (Å²) in [6.45, 7) is -0.150. The SMILES string of the molecule is CO[B]N1CC(OS(=O)(=O)C(F)(F)F)=C[C@H]1c1ccccc1. The monoisotopic (exact) mass is 334 g/mol. The van der Waals surface area contributed by atoms with Crippen molar-refractivity contribution in [2.24, 2.45) is 0 Å². The molecule has 1 aliphatic heterocycles. The molecule has 1 radical (unpaired) electrons. The summed E-state index contributed by atoms with van der Waals surface area (Å²) in [6.07, 6.45) is 1.31. The minimum Gasteiger partial charge on any atom is -0.427 e. The van der Waals surface area contributed by atoms with Crippen LogP contribution in [0.25, 0.3) is 0 Å². The summed E-state index contributed by atoms with van der Waals surface area (Å²) in [4.78, 5) is 1.52. The first-order valence-corrected chi connectivity index (χ1v) is 7.53. The average molecular weight is 334 g/mol. The highest BCUT2D eigenvalue weighted by atomic mass is 32.2. The van der Waals surface area contributed by atoms with Crippen LogP contribution in [0.4, 0.5) is 13.2 Å². The van der Waals surface area contributed by atoms with Crippen molar-refractivity contribution in [2.45, 2.75) is 11.6 Å². The molecule has 10 heteroatoms. The molecule has 0 fully saturated rings.